The SMILES string of the molecule is CC1(CNS(=O)(=O)c2ccc(OCCO)cc2)CCCO1. The highest BCUT2D eigenvalue weighted by Crippen LogP contribution is 2.24. The molecule has 0 aromatic heterocycles. The molecular weight excluding hydrogens is 294 g/mol. The van der Waals surface area contributed by atoms with Crippen LogP contribution in [0.4, 0.5) is 0 Å². The minimum Gasteiger partial charge on any atom is -0.491 e. The predicted molar refractivity (Wildman–Crippen MR) is 77.8 cm³/mol. The van der Waals surface area contributed by atoms with Crippen molar-refractivity contribution in [2.45, 2.75) is 30.3 Å². The van der Waals surface area contributed by atoms with Crippen molar-refractivity contribution in [2.75, 3.05) is 26.4 Å². The summed E-state index contributed by atoms with van der Waals surface area (Å²) in [4.78, 5) is 0.181. The van der Waals surface area contributed by atoms with E-state index in [-0.39, 0.29) is 24.7 Å². The highest BCUT2D eigenvalue weighted by atomic mass is 32.2. The van der Waals surface area contributed by atoms with Crippen molar-refractivity contribution in [3.63, 3.8) is 0 Å². The second kappa shape index (κ2) is 6.74. The topological polar surface area (TPSA) is 84.9 Å². The van der Waals surface area contributed by atoms with Crippen molar-refractivity contribution in [1.82, 2.24) is 4.72 Å². The van der Waals surface area contributed by atoms with Gasteiger partial charge in [-0.3, -0.25) is 0 Å². The molecule has 0 spiro atoms. The Morgan fingerprint density at radius 3 is 2.67 bits per heavy atom. The smallest absolute Gasteiger partial charge is 0.240 e. The van der Waals surface area contributed by atoms with E-state index in [1.807, 2.05) is 6.92 Å². The van der Waals surface area contributed by atoms with Gasteiger partial charge in [0.2, 0.25) is 10.0 Å². The molecule has 1 aromatic rings. The van der Waals surface area contributed by atoms with Gasteiger partial charge in [-0.05, 0) is 44.0 Å². The Kier molecular flexibility index (Phi) is 5.21. The first-order chi connectivity index (χ1) is 9.95. The quantitative estimate of drug-likeness (QED) is 0.781. The van der Waals surface area contributed by atoms with E-state index in [4.69, 9.17) is 14.6 Å². The van der Waals surface area contributed by atoms with Crippen molar-refractivity contribution in [2.24, 2.45) is 0 Å². The largest absolute Gasteiger partial charge is 0.491 e. The minimum absolute atomic E-state index is 0.0831. The van der Waals surface area contributed by atoms with Gasteiger partial charge in [-0.1, -0.05) is 0 Å². The Morgan fingerprint density at radius 1 is 1.38 bits per heavy atom. The molecule has 1 unspecified atom stereocenters. The van der Waals surface area contributed by atoms with Gasteiger partial charge in [0, 0.05) is 13.2 Å². The highest BCUT2D eigenvalue weighted by molar-refractivity contribution is 7.89. The van der Waals surface area contributed by atoms with E-state index in [1.54, 1.807) is 12.1 Å². The normalized spacial score (nSPS) is 22.4. The molecule has 1 aliphatic heterocycles. The monoisotopic (exact) mass is 315 g/mol. The van der Waals surface area contributed by atoms with Crippen LogP contribution in [0.1, 0.15) is 19.8 Å². The van der Waals surface area contributed by atoms with Crippen LogP contribution in [0.2, 0.25) is 0 Å². The van der Waals surface area contributed by atoms with Crippen molar-refractivity contribution >= 4 is 10.0 Å². The molecule has 0 amide bonds. The number of aliphatic hydroxyl groups is 1. The van der Waals surface area contributed by atoms with Gasteiger partial charge in [-0.25, -0.2) is 13.1 Å². The van der Waals surface area contributed by atoms with Crippen LogP contribution >= 0.6 is 0 Å². The summed E-state index contributed by atoms with van der Waals surface area (Å²) in [5, 5.41) is 8.67. The maximum Gasteiger partial charge on any atom is 0.240 e. The van der Waals surface area contributed by atoms with Gasteiger partial charge >= 0.3 is 0 Å². The summed E-state index contributed by atoms with van der Waals surface area (Å²) in [7, 11) is -3.56. The molecule has 7 heteroatoms. The van der Waals surface area contributed by atoms with E-state index in [0.29, 0.717) is 12.4 Å². The molecule has 1 heterocycles. The number of hydrogen-bond donors (Lipinski definition) is 2. The van der Waals surface area contributed by atoms with Crippen LogP contribution in [0.5, 0.6) is 5.75 Å². The Labute approximate surface area is 125 Å². The summed E-state index contributed by atoms with van der Waals surface area (Å²) in [6, 6.07) is 6.09. The van der Waals surface area contributed by atoms with Crippen molar-refractivity contribution in [1.29, 1.82) is 0 Å². The molecule has 0 radical (unpaired) electrons. The zero-order valence-corrected chi connectivity index (χ0v) is 12.9. The van der Waals surface area contributed by atoms with Gasteiger partial charge in [0.25, 0.3) is 0 Å². The molecule has 1 fully saturated rings. The molecule has 6 nitrogen and oxygen atoms in total. The Hall–Kier alpha value is -1.15. The lowest BCUT2D eigenvalue weighted by molar-refractivity contribution is 0.0250. The average molecular weight is 315 g/mol. The third-order valence-electron chi connectivity index (χ3n) is 3.43. The summed E-state index contributed by atoms with van der Waals surface area (Å²) >= 11 is 0. The number of rotatable bonds is 7. The molecule has 1 saturated heterocycles. The molecule has 2 rings (SSSR count). The predicted octanol–water partition coefficient (Wildman–Crippen LogP) is 0.905. The maximum absolute atomic E-state index is 12.2. The van der Waals surface area contributed by atoms with Crippen LogP contribution in [-0.4, -0.2) is 45.5 Å². The van der Waals surface area contributed by atoms with E-state index in [1.165, 1.54) is 12.1 Å². The molecule has 0 bridgehead atoms. The van der Waals surface area contributed by atoms with Gasteiger partial charge in [0.05, 0.1) is 17.1 Å². The number of hydrogen-bond acceptors (Lipinski definition) is 5. The third-order valence-corrected chi connectivity index (χ3v) is 4.85. The van der Waals surface area contributed by atoms with Crippen LogP contribution < -0.4 is 9.46 Å². The summed E-state index contributed by atoms with van der Waals surface area (Å²) in [5.41, 5.74) is -0.419. The molecule has 118 valence electrons. The number of nitrogens with one attached hydrogen (secondary N) is 1. The van der Waals surface area contributed by atoms with Crippen LogP contribution in [0.25, 0.3) is 0 Å². The van der Waals surface area contributed by atoms with E-state index in [0.717, 1.165) is 12.8 Å². The van der Waals surface area contributed by atoms with E-state index in [2.05, 4.69) is 4.72 Å². The lowest BCUT2D eigenvalue weighted by Crippen LogP contribution is -2.40. The van der Waals surface area contributed by atoms with E-state index >= 15 is 0 Å². The Morgan fingerprint density at radius 2 is 2.10 bits per heavy atom. The van der Waals surface area contributed by atoms with Gasteiger partial charge in [0.15, 0.2) is 0 Å². The standard InChI is InChI=1S/C14H21NO5S/c1-14(7-2-9-20-14)11-15-21(17,18)13-5-3-12(4-6-13)19-10-8-16/h3-6,15-16H,2,7-11H2,1H3. The molecule has 1 aromatic carbocycles. The van der Waals surface area contributed by atoms with Gasteiger partial charge in [-0.2, -0.15) is 0 Å². The van der Waals surface area contributed by atoms with Crippen LogP contribution in [0.3, 0.4) is 0 Å². The lowest BCUT2D eigenvalue weighted by Gasteiger charge is -2.23. The number of aliphatic hydroxyl groups excluding tert-OH is 1. The van der Waals surface area contributed by atoms with Crippen LogP contribution in [0, 0.1) is 0 Å². The molecule has 1 aliphatic rings. The second-order valence-corrected chi connectivity index (χ2v) is 7.04. The van der Waals surface area contributed by atoms with Gasteiger partial charge in [-0.15, -0.1) is 0 Å². The number of ether oxygens (including phenoxy) is 2. The fourth-order valence-electron chi connectivity index (χ4n) is 2.19. The fraction of sp³-hybridized carbons (Fsp3) is 0.571. The zero-order valence-electron chi connectivity index (χ0n) is 12.0. The van der Waals surface area contributed by atoms with Crippen molar-refractivity contribution in [3.05, 3.63) is 24.3 Å². The molecule has 0 aliphatic carbocycles. The van der Waals surface area contributed by atoms with Crippen molar-refractivity contribution < 1.29 is 23.0 Å². The minimum atomic E-state index is -3.56. The summed E-state index contributed by atoms with van der Waals surface area (Å²) in [5.74, 6) is 0.522. The van der Waals surface area contributed by atoms with E-state index < -0.39 is 15.6 Å². The Balaban J connectivity index is 1.98. The summed E-state index contributed by atoms with van der Waals surface area (Å²) in [6.07, 6.45) is 1.80. The van der Waals surface area contributed by atoms with E-state index in [9.17, 15) is 8.42 Å². The molecule has 0 saturated carbocycles. The summed E-state index contributed by atoms with van der Waals surface area (Å²) < 4.78 is 37.8. The highest BCUT2D eigenvalue weighted by Gasteiger charge is 2.31. The summed E-state index contributed by atoms with van der Waals surface area (Å²) in [6.45, 7) is 2.95. The lowest BCUT2D eigenvalue weighted by atomic mass is 10.0. The zero-order chi connectivity index (χ0) is 15.3. The average Bonchev–Trinajstić information content (AvgIpc) is 2.91. The Bertz CT molecular complexity index is 549. The molecule has 21 heavy (non-hydrogen) atoms. The molecule has 2 N–H and O–H groups in total. The number of sulfonamides is 1. The number of benzene rings is 1. The molecular formula is C14H21NO5S. The van der Waals surface area contributed by atoms with Crippen molar-refractivity contribution in [3.8, 4) is 5.75 Å². The third kappa shape index (κ3) is 4.41. The first-order valence-electron chi connectivity index (χ1n) is 6.93. The first kappa shape index (κ1) is 16.2. The van der Waals surface area contributed by atoms with Gasteiger partial charge < -0.3 is 14.6 Å². The first-order valence-corrected chi connectivity index (χ1v) is 8.41. The van der Waals surface area contributed by atoms with Crippen LogP contribution in [0.15, 0.2) is 29.2 Å². The van der Waals surface area contributed by atoms with Crippen LogP contribution in [-0.2, 0) is 14.8 Å². The fourth-order valence-corrected chi connectivity index (χ4v) is 3.34. The van der Waals surface area contributed by atoms with Gasteiger partial charge in [0.1, 0.15) is 12.4 Å². The molecule has 1 atom stereocenters. The maximum atomic E-state index is 12.2. The second-order valence-electron chi connectivity index (χ2n) is 5.27.